The molecule has 5 nitrogen and oxygen atoms in total. The van der Waals surface area contributed by atoms with Gasteiger partial charge in [-0.1, -0.05) is 13.8 Å². The summed E-state index contributed by atoms with van der Waals surface area (Å²) in [7, 11) is 2.63. The zero-order valence-electron chi connectivity index (χ0n) is 9.07. The number of carbonyl (C=O) groups is 2. The molecule has 0 saturated carbocycles. The highest BCUT2D eigenvalue weighted by atomic mass is 16.6. The molecule has 0 radical (unpaired) electrons. The fourth-order valence-electron chi connectivity index (χ4n) is 1.03. The number of hydrogen-bond acceptors (Lipinski definition) is 4. The van der Waals surface area contributed by atoms with Gasteiger partial charge in [0.2, 0.25) is 12.1 Å². The molecule has 1 aliphatic heterocycles. The zero-order valence-corrected chi connectivity index (χ0v) is 9.07. The number of esters is 1. The summed E-state index contributed by atoms with van der Waals surface area (Å²) >= 11 is 0. The first-order valence-electron chi connectivity index (χ1n) is 4.60. The molecule has 5 heteroatoms. The van der Waals surface area contributed by atoms with E-state index in [9.17, 15) is 9.59 Å². The maximum absolute atomic E-state index is 11.0. The van der Waals surface area contributed by atoms with Gasteiger partial charge in [0.1, 0.15) is 0 Å². The van der Waals surface area contributed by atoms with Crippen LogP contribution in [0.15, 0.2) is 0 Å². The van der Waals surface area contributed by atoms with Crippen molar-refractivity contribution >= 4 is 11.9 Å². The van der Waals surface area contributed by atoms with Crippen molar-refractivity contribution in [1.29, 1.82) is 0 Å². The van der Waals surface area contributed by atoms with E-state index in [1.54, 1.807) is 0 Å². The topological polar surface area (TPSA) is 55.8 Å². The third kappa shape index (κ3) is 2.70. The van der Waals surface area contributed by atoms with Crippen LogP contribution in [0.2, 0.25) is 0 Å². The van der Waals surface area contributed by atoms with Crippen LogP contribution in [0.3, 0.4) is 0 Å². The van der Waals surface area contributed by atoms with Gasteiger partial charge in [-0.3, -0.25) is 4.79 Å². The quantitative estimate of drug-likeness (QED) is 0.492. The lowest BCUT2D eigenvalue weighted by Gasteiger charge is -2.35. The lowest BCUT2D eigenvalue weighted by Crippen LogP contribution is -2.54. The van der Waals surface area contributed by atoms with Crippen LogP contribution in [0, 0.1) is 0 Å². The van der Waals surface area contributed by atoms with Crippen molar-refractivity contribution in [3.63, 3.8) is 0 Å². The molecular formula is C9H17NO4. The fourth-order valence-corrected chi connectivity index (χ4v) is 1.03. The van der Waals surface area contributed by atoms with Crippen molar-refractivity contribution in [3.8, 4) is 0 Å². The molecule has 0 spiro atoms. The highest BCUT2D eigenvalue weighted by Crippen LogP contribution is 2.14. The van der Waals surface area contributed by atoms with Crippen molar-refractivity contribution in [1.82, 2.24) is 4.90 Å². The smallest absolute Gasteiger partial charge is 0.356 e. The van der Waals surface area contributed by atoms with Crippen LogP contribution in [0.4, 0.5) is 0 Å². The maximum Gasteiger partial charge on any atom is 0.356 e. The van der Waals surface area contributed by atoms with E-state index in [2.05, 4.69) is 4.74 Å². The van der Waals surface area contributed by atoms with Gasteiger partial charge in [0, 0.05) is 20.1 Å². The Morgan fingerprint density at radius 1 is 1.43 bits per heavy atom. The third-order valence-corrected chi connectivity index (χ3v) is 1.80. The molecule has 1 atom stereocenters. The molecule has 1 fully saturated rings. The van der Waals surface area contributed by atoms with Gasteiger partial charge in [-0.2, -0.15) is 0 Å². The van der Waals surface area contributed by atoms with Gasteiger partial charge < -0.3 is 14.4 Å². The second-order valence-electron chi connectivity index (χ2n) is 2.45. The van der Waals surface area contributed by atoms with Gasteiger partial charge in [-0.15, -0.1) is 0 Å². The highest BCUT2D eigenvalue weighted by molar-refractivity contribution is 5.87. The van der Waals surface area contributed by atoms with E-state index in [-0.39, 0.29) is 5.91 Å². The Morgan fingerprint density at radius 2 is 2.00 bits per heavy atom. The molecule has 0 aromatic heterocycles. The molecule has 1 aliphatic rings. The summed E-state index contributed by atoms with van der Waals surface area (Å²) in [6, 6.07) is 0. The minimum absolute atomic E-state index is 0.0766. The maximum atomic E-state index is 11.0. The second kappa shape index (κ2) is 6.37. The second-order valence-corrected chi connectivity index (χ2v) is 2.45. The molecule has 1 amide bonds. The number of rotatable bonds is 3. The Balaban J connectivity index is 0.000000791. The first-order chi connectivity index (χ1) is 6.70. The highest BCUT2D eigenvalue weighted by Gasteiger charge is 2.36. The third-order valence-electron chi connectivity index (χ3n) is 1.80. The van der Waals surface area contributed by atoms with Crippen molar-refractivity contribution in [2.24, 2.45) is 0 Å². The zero-order chi connectivity index (χ0) is 11.1. The predicted octanol–water partition coefficient (Wildman–Crippen LogP) is 0.390. The van der Waals surface area contributed by atoms with Crippen molar-refractivity contribution in [3.05, 3.63) is 0 Å². The molecule has 0 aliphatic carbocycles. The van der Waals surface area contributed by atoms with E-state index in [0.29, 0.717) is 13.0 Å². The average molecular weight is 203 g/mol. The molecule has 1 unspecified atom stereocenters. The number of β-lactam (4-membered cyclic amide) rings is 1. The lowest BCUT2D eigenvalue weighted by molar-refractivity contribution is -0.178. The van der Waals surface area contributed by atoms with E-state index in [4.69, 9.17) is 4.74 Å². The van der Waals surface area contributed by atoms with Gasteiger partial charge in [0.05, 0.1) is 7.11 Å². The summed E-state index contributed by atoms with van der Waals surface area (Å²) in [6.07, 6.45) is -0.382. The molecule has 0 aromatic rings. The molecule has 1 rings (SSSR count). The van der Waals surface area contributed by atoms with Crippen LogP contribution < -0.4 is 0 Å². The van der Waals surface area contributed by atoms with E-state index < -0.39 is 12.2 Å². The summed E-state index contributed by atoms with van der Waals surface area (Å²) in [5.41, 5.74) is 0. The summed E-state index contributed by atoms with van der Waals surface area (Å²) in [4.78, 5) is 23.2. The van der Waals surface area contributed by atoms with Gasteiger partial charge in [0.25, 0.3) is 0 Å². The summed E-state index contributed by atoms with van der Waals surface area (Å²) in [5.74, 6) is -0.613. The van der Waals surface area contributed by atoms with E-state index in [1.165, 1.54) is 19.1 Å². The summed E-state index contributed by atoms with van der Waals surface area (Å²) in [6.45, 7) is 4.56. The Hall–Kier alpha value is -1.10. The Morgan fingerprint density at radius 3 is 2.21 bits per heavy atom. The SMILES string of the molecule is CC.COC(=O)C(OC)N1CCC1=O. The fraction of sp³-hybridized carbons (Fsp3) is 0.778. The summed E-state index contributed by atoms with van der Waals surface area (Å²) in [5, 5.41) is 0. The molecule has 1 saturated heterocycles. The van der Waals surface area contributed by atoms with Gasteiger partial charge in [-0.25, -0.2) is 4.79 Å². The van der Waals surface area contributed by atoms with Crippen LogP contribution in [-0.2, 0) is 19.1 Å². The number of methoxy groups -OCH3 is 2. The van der Waals surface area contributed by atoms with Crippen molar-refractivity contribution in [2.45, 2.75) is 26.5 Å². The minimum Gasteiger partial charge on any atom is -0.466 e. The lowest BCUT2D eigenvalue weighted by atomic mass is 10.2. The molecule has 0 N–H and O–H groups in total. The Labute approximate surface area is 84.0 Å². The Kier molecular flexibility index (Phi) is 5.87. The van der Waals surface area contributed by atoms with Crippen LogP contribution >= 0.6 is 0 Å². The number of likely N-dealkylation sites (tertiary alicyclic amines) is 1. The largest absolute Gasteiger partial charge is 0.466 e. The van der Waals surface area contributed by atoms with Crippen LogP contribution in [0.1, 0.15) is 20.3 Å². The molecule has 1 heterocycles. The first kappa shape index (κ1) is 12.9. The minimum atomic E-state index is -0.865. The normalized spacial score (nSPS) is 16.3. The monoisotopic (exact) mass is 203 g/mol. The predicted molar refractivity (Wildman–Crippen MR) is 50.5 cm³/mol. The number of carbonyl (C=O) groups excluding carboxylic acids is 2. The van der Waals surface area contributed by atoms with E-state index in [1.807, 2.05) is 13.8 Å². The number of ether oxygens (including phenoxy) is 2. The number of hydrogen-bond donors (Lipinski definition) is 0. The van der Waals surface area contributed by atoms with Crippen LogP contribution in [0.25, 0.3) is 0 Å². The van der Waals surface area contributed by atoms with Crippen molar-refractivity contribution in [2.75, 3.05) is 20.8 Å². The molecule has 14 heavy (non-hydrogen) atoms. The van der Waals surface area contributed by atoms with E-state index >= 15 is 0 Å². The molecule has 0 aromatic carbocycles. The summed E-state index contributed by atoms with van der Waals surface area (Å²) < 4.78 is 9.26. The molecule has 82 valence electrons. The standard InChI is InChI=1S/C7H11NO4.C2H6/c1-11-6(7(10)12-2)8-4-3-5(8)9;1-2/h6H,3-4H2,1-2H3;1-2H3. The number of nitrogens with zero attached hydrogens (tertiary/aromatic N) is 1. The van der Waals surface area contributed by atoms with Gasteiger partial charge in [-0.05, 0) is 0 Å². The first-order valence-corrected chi connectivity index (χ1v) is 4.60. The Bertz CT molecular complexity index is 205. The number of amides is 1. The average Bonchev–Trinajstić information content (AvgIpc) is 2.25. The molecule has 0 bridgehead atoms. The van der Waals surface area contributed by atoms with Gasteiger partial charge >= 0.3 is 5.97 Å². The van der Waals surface area contributed by atoms with E-state index in [0.717, 1.165) is 0 Å². The van der Waals surface area contributed by atoms with Crippen LogP contribution in [0.5, 0.6) is 0 Å². The van der Waals surface area contributed by atoms with Crippen LogP contribution in [-0.4, -0.2) is 43.8 Å². The molecular weight excluding hydrogens is 186 g/mol. The van der Waals surface area contributed by atoms with Crippen molar-refractivity contribution < 1.29 is 19.1 Å². The van der Waals surface area contributed by atoms with Gasteiger partial charge in [0.15, 0.2) is 0 Å².